The van der Waals surface area contributed by atoms with Crippen LogP contribution in [0.1, 0.15) is 33.1 Å². The van der Waals surface area contributed by atoms with E-state index in [1.807, 2.05) is 0 Å². The Labute approximate surface area is 123 Å². The van der Waals surface area contributed by atoms with E-state index in [1.54, 1.807) is 0 Å². The first-order valence-electron chi connectivity index (χ1n) is 6.85. The van der Waals surface area contributed by atoms with E-state index in [9.17, 15) is 17.2 Å². The number of sulfonamides is 1. The number of primary sulfonamides is 1. The van der Waals surface area contributed by atoms with Crippen LogP contribution in [-0.2, 0) is 10.0 Å². The molecule has 2 N–H and O–H groups in total. The Morgan fingerprint density at radius 1 is 1.14 bits per heavy atom. The largest absolute Gasteiger partial charge is 0.486 e. The Morgan fingerprint density at radius 2 is 1.71 bits per heavy atom. The molecule has 0 aliphatic heterocycles. The average molecular weight is 319 g/mol. The summed E-state index contributed by atoms with van der Waals surface area (Å²) in [5.41, 5.74) is 0. The van der Waals surface area contributed by atoms with Crippen molar-refractivity contribution < 1.29 is 21.9 Å². The van der Waals surface area contributed by atoms with E-state index < -0.39 is 32.3 Å². The van der Waals surface area contributed by atoms with Crippen LogP contribution in [0, 0.1) is 23.5 Å². The second-order valence-corrected chi connectivity index (χ2v) is 7.45. The molecule has 0 heterocycles. The maximum atomic E-state index is 13.9. The fourth-order valence-electron chi connectivity index (χ4n) is 3.00. The zero-order valence-electron chi connectivity index (χ0n) is 12.0. The highest BCUT2D eigenvalue weighted by Gasteiger charge is 2.29. The van der Waals surface area contributed by atoms with E-state index in [0.717, 1.165) is 6.42 Å². The van der Waals surface area contributed by atoms with E-state index in [1.165, 1.54) is 0 Å². The predicted octanol–water partition coefficient (Wildman–Crippen LogP) is 2.82. The van der Waals surface area contributed by atoms with Crippen molar-refractivity contribution in [3.63, 3.8) is 0 Å². The summed E-state index contributed by atoms with van der Waals surface area (Å²) >= 11 is 0. The van der Waals surface area contributed by atoms with E-state index >= 15 is 0 Å². The highest BCUT2D eigenvalue weighted by molar-refractivity contribution is 7.89. The topological polar surface area (TPSA) is 69.4 Å². The number of ether oxygens (including phenoxy) is 1. The number of halogens is 2. The lowest BCUT2D eigenvalue weighted by Gasteiger charge is -2.32. The van der Waals surface area contributed by atoms with E-state index in [0.29, 0.717) is 36.8 Å². The van der Waals surface area contributed by atoms with Gasteiger partial charge in [-0.05, 0) is 37.2 Å². The third-order valence-corrected chi connectivity index (χ3v) is 4.62. The molecule has 2 unspecified atom stereocenters. The quantitative estimate of drug-likeness (QED) is 0.931. The molecular weight excluding hydrogens is 300 g/mol. The monoisotopic (exact) mass is 319 g/mol. The maximum Gasteiger partial charge on any atom is 0.241 e. The fourth-order valence-corrected chi connectivity index (χ4v) is 3.68. The lowest BCUT2D eigenvalue weighted by Crippen LogP contribution is -2.29. The summed E-state index contributed by atoms with van der Waals surface area (Å²) < 4.78 is 55.7. The second kappa shape index (κ2) is 5.88. The van der Waals surface area contributed by atoms with Crippen LogP contribution < -0.4 is 9.88 Å². The van der Waals surface area contributed by atoms with Gasteiger partial charge in [0.25, 0.3) is 0 Å². The minimum absolute atomic E-state index is 0.302. The smallest absolute Gasteiger partial charge is 0.241 e. The number of benzene rings is 1. The molecule has 118 valence electrons. The molecule has 0 aromatic heterocycles. The first kappa shape index (κ1) is 16.2. The molecule has 1 fully saturated rings. The highest BCUT2D eigenvalue weighted by atomic mass is 32.2. The zero-order chi connectivity index (χ0) is 15.8. The van der Waals surface area contributed by atoms with Crippen molar-refractivity contribution in [2.75, 3.05) is 0 Å². The molecule has 1 saturated carbocycles. The van der Waals surface area contributed by atoms with Gasteiger partial charge in [0, 0.05) is 6.07 Å². The van der Waals surface area contributed by atoms with Crippen molar-refractivity contribution in [2.45, 2.75) is 44.1 Å². The Balaban J connectivity index is 2.35. The molecule has 4 nitrogen and oxygen atoms in total. The molecule has 0 spiro atoms. The molecular formula is C14H19F2NO3S. The average Bonchev–Trinajstić information content (AvgIpc) is 2.29. The first-order chi connectivity index (χ1) is 9.66. The van der Waals surface area contributed by atoms with Gasteiger partial charge in [-0.3, -0.25) is 0 Å². The standard InChI is InChI=1S/C14H19F2NO3S/c1-8-3-9(2)5-11(4-8)20-14-12(16)6-10(15)7-13(14)21(17,18)19/h6-9,11H,3-5H2,1-2H3,(H2,17,18,19). The molecule has 1 aromatic carbocycles. The predicted molar refractivity (Wildman–Crippen MR) is 74.3 cm³/mol. The Morgan fingerprint density at radius 3 is 2.24 bits per heavy atom. The van der Waals surface area contributed by atoms with Crippen molar-refractivity contribution in [1.82, 2.24) is 0 Å². The third kappa shape index (κ3) is 3.91. The maximum absolute atomic E-state index is 13.9. The van der Waals surface area contributed by atoms with Gasteiger partial charge >= 0.3 is 0 Å². The normalized spacial score (nSPS) is 26.6. The van der Waals surface area contributed by atoms with Crippen LogP contribution in [-0.4, -0.2) is 14.5 Å². The lowest BCUT2D eigenvalue weighted by atomic mass is 9.82. The van der Waals surface area contributed by atoms with Gasteiger partial charge in [-0.15, -0.1) is 0 Å². The van der Waals surface area contributed by atoms with Gasteiger partial charge in [0.05, 0.1) is 6.10 Å². The highest BCUT2D eigenvalue weighted by Crippen LogP contribution is 2.34. The molecule has 2 rings (SSSR count). The number of hydrogen-bond donors (Lipinski definition) is 1. The minimum atomic E-state index is -4.26. The molecule has 0 radical (unpaired) electrons. The van der Waals surface area contributed by atoms with Gasteiger partial charge in [-0.2, -0.15) is 0 Å². The SMILES string of the molecule is CC1CC(C)CC(Oc2c(F)cc(F)cc2S(N)(=O)=O)C1. The molecule has 1 aromatic rings. The lowest BCUT2D eigenvalue weighted by molar-refractivity contribution is 0.0938. The van der Waals surface area contributed by atoms with Crippen LogP contribution in [0.2, 0.25) is 0 Å². The molecule has 0 bridgehead atoms. The molecule has 7 heteroatoms. The summed E-state index contributed by atoms with van der Waals surface area (Å²) in [6.07, 6.45) is 2.15. The summed E-state index contributed by atoms with van der Waals surface area (Å²) in [5, 5.41) is 5.01. The van der Waals surface area contributed by atoms with Gasteiger partial charge in [-0.1, -0.05) is 13.8 Å². The van der Waals surface area contributed by atoms with Crippen molar-refractivity contribution in [3.05, 3.63) is 23.8 Å². The van der Waals surface area contributed by atoms with Crippen molar-refractivity contribution in [1.29, 1.82) is 0 Å². The van der Waals surface area contributed by atoms with E-state index in [2.05, 4.69) is 13.8 Å². The first-order valence-corrected chi connectivity index (χ1v) is 8.40. The van der Waals surface area contributed by atoms with Crippen molar-refractivity contribution in [2.24, 2.45) is 17.0 Å². The van der Waals surface area contributed by atoms with Crippen LogP contribution in [0.15, 0.2) is 17.0 Å². The van der Waals surface area contributed by atoms with Crippen LogP contribution in [0.3, 0.4) is 0 Å². The molecule has 0 saturated heterocycles. The van der Waals surface area contributed by atoms with Crippen LogP contribution in [0.5, 0.6) is 5.75 Å². The van der Waals surface area contributed by atoms with Crippen molar-refractivity contribution in [3.8, 4) is 5.75 Å². The van der Waals surface area contributed by atoms with Gasteiger partial charge in [0.2, 0.25) is 10.0 Å². The molecule has 2 atom stereocenters. The summed E-state index contributed by atoms with van der Waals surface area (Å²) in [6.45, 7) is 4.13. The fraction of sp³-hybridized carbons (Fsp3) is 0.571. The van der Waals surface area contributed by atoms with E-state index in [4.69, 9.17) is 9.88 Å². The minimum Gasteiger partial charge on any atom is -0.486 e. The molecule has 21 heavy (non-hydrogen) atoms. The Bertz CT molecular complexity index is 623. The van der Waals surface area contributed by atoms with Gasteiger partial charge < -0.3 is 4.74 Å². The molecule has 1 aliphatic carbocycles. The summed E-state index contributed by atoms with van der Waals surface area (Å²) in [6, 6.07) is 1.28. The summed E-state index contributed by atoms with van der Waals surface area (Å²) in [7, 11) is -4.26. The van der Waals surface area contributed by atoms with Gasteiger partial charge in [0.15, 0.2) is 11.6 Å². The van der Waals surface area contributed by atoms with Crippen molar-refractivity contribution >= 4 is 10.0 Å². The second-order valence-electron chi connectivity index (χ2n) is 5.92. The number of rotatable bonds is 3. The summed E-state index contributed by atoms with van der Waals surface area (Å²) in [4.78, 5) is -0.647. The van der Waals surface area contributed by atoms with Crippen LogP contribution in [0.4, 0.5) is 8.78 Å². The Kier molecular flexibility index (Phi) is 4.53. The molecule has 0 amide bonds. The summed E-state index contributed by atoms with van der Waals surface area (Å²) in [5.74, 6) is -1.73. The Hall–Kier alpha value is -1.21. The number of hydrogen-bond acceptors (Lipinski definition) is 3. The van der Waals surface area contributed by atoms with Crippen LogP contribution >= 0.6 is 0 Å². The van der Waals surface area contributed by atoms with E-state index in [-0.39, 0.29) is 6.10 Å². The van der Waals surface area contributed by atoms with Gasteiger partial charge in [-0.25, -0.2) is 22.3 Å². The number of nitrogens with two attached hydrogens (primary N) is 1. The zero-order valence-corrected chi connectivity index (χ0v) is 12.8. The van der Waals surface area contributed by atoms with Gasteiger partial charge in [0.1, 0.15) is 10.7 Å². The third-order valence-electron chi connectivity index (χ3n) is 3.70. The molecule has 1 aliphatic rings. The van der Waals surface area contributed by atoms with Crippen LogP contribution in [0.25, 0.3) is 0 Å².